The number of nitrogens with one attached hydrogen (secondary N) is 2. The summed E-state index contributed by atoms with van der Waals surface area (Å²) in [5.74, 6) is -0.0366. The maximum atomic E-state index is 12.7. The quantitative estimate of drug-likeness (QED) is 0.904. The van der Waals surface area contributed by atoms with Gasteiger partial charge >= 0.3 is 0 Å². The lowest BCUT2D eigenvalue weighted by Crippen LogP contribution is -2.52. The van der Waals surface area contributed by atoms with Crippen molar-refractivity contribution in [1.82, 2.24) is 10.2 Å². The van der Waals surface area contributed by atoms with Gasteiger partial charge in [-0.1, -0.05) is 0 Å². The minimum absolute atomic E-state index is 0.0278. The molecule has 0 spiro atoms. The van der Waals surface area contributed by atoms with Crippen LogP contribution in [0.15, 0.2) is 28.9 Å². The van der Waals surface area contributed by atoms with E-state index in [1.165, 1.54) is 17.6 Å². The molecule has 2 N–H and O–H groups in total. The number of carbonyl (C=O) groups is 2. The van der Waals surface area contributed by atoms with Crippen LogP contribution >= 0.6 is 11.3 Å². The molecule has 6 nitrogen and oxygen atoms in total. The zero-order valence-corrected chi connectivity index (χ0v) is 13.9. The van der Waals surface area contributed by atoms with Crippen LogP contribution in [0.2, 0.25) is 0 Å². The number of anilines is 1. The van der Waals surface area contributed by atoms with Crippen molar-refractivity contribution in [3.8, 4) is 0 Å². The van der Waals surface area contributed by atoms with Gasteiger partial charge in [0.2, 0.25) is 0 Å². The fourth-order valence-corrected chi connectivity index (χ4v) is 3.63. The van der Waals surface area contributed by atoms with Crippen molar-refractivity contribution >= 4 is 28.2 Å². The van der Waals surface area contributed by atoms with Crippen LogP contribution in [0.4, 0.5) is 5.00 Å². The van der Waals surface area contributed by atoms with E-state index < -0.39 is 0 Å². The Labute approximate surface area is 138 Å². The third-order valence-electron chi connectivity index (χ3n) is 3.86. The Morgan fingerprint density at radius 2 is 2.30 bits per heavy atom. The van der Waals surface area contributed by atoms with E-state index in [-0.39, 0.29) is 23.6 Å². The van der Waals surface area contributed by atoms with Crippen molar-refractivity contribution in [3.63, 3.8) is 0 Å². The Morgan fingerprint density at radius 1 is 1.48 bits per heavy atom. The molecule has 0 saturated carbocycles. The standard InChI is InChI=1S/C16H19N3O3S/c1-10-8-13(18-15(20)12-4-3-7-22-12)23-14(10)16(21)19-6-5-17-9-11(19)2/h3-4,7-8,11,17H,5-6,9H2,1-2H3,(H,18,20)/t11-/m1/s1. The Balaban J connectivity index is 1.75. The van der Waals surface area contributed by atoms with Crippen molar-refractivity contribution in [1.29, 1.82) is 0 Å². The van der Waals surface area contributed by atoms with Crippen molar-refractivity contribution in [2.75, 3.05) is 25.0 Å². The van der Waals surface area contributed by atoms with Gasteiger partial charge in [0, 0.05) is 25.7 Å². The molecule has 2 amide bonds. The molecule has 0 radical (unpaired) electrons. The number of piperazine rings is 1. The van der Waals surface area contributed by atoms with E-state index >= 15 is 0 Å². The number of furan rings is 1. The summed E-state index contributed by atoms with van der Waals surface area (Å²) in [7, 11) is 0. The first kappa shape index (κ1) is 15.8. The molecule has 0 bridgehead atoms. The number of aryl methyl sites for hydroxylation is 1. The van der Waals surface area contributed by atoms with E-state index in [1.807, 2.05) is 24.8 Å². The van der Waals surface area contributed by atoms with Crippen LogP contribution in [0.1, 0.15) is 32.7 Å². The number of hydrogen-bond acceptors (Lipinski definition) is 5. The number of carbonyl (C=O) groups excluding carboxylic acids is 2. The number of thiophene rings is 1. The van der Waals surface area contributed by atoms with Gasteiger partial charge in [0.15, 0.2) is 5.76 Å². The zero-order valence-electron chi connectivity index (χ0n) is 13.1. The Hall–Kier alpha value is -2.12. The largest absolute Gasteiger partial charge is 0.459 e. The van der Waals surface area contributed by atoms with Gasteiger partial charge in [-0.05, 0) is 37.6 Å². The van der Waals surface area contributed by atoms with E-state index in [9.17, 15) is 9.59 Å². The summed E-state index contributed by atoms with van der Waals surface area (Å²) in [5, 5.41) is 6.70. The molecule has 1 atom stereocenters. The van der Waals surface area contributed by atoms with Crippen molar-refractivity contribution < 1.29 is 14.0 Å². The van der Waals surface area contributed by atoms with Crippen molar-refractivity contribution in [2.24, 2.45) is 0 Å². The molecule has 0 aromatic carbocycles. The molecular formula is C16H19N3O3S. The first-order chi connectivity index (χ1) is 11.1. The predicted octanol–water partition coefficient (Wildman–Crippen LogP) is 2.34. The average Bonchev–Trinajstić information content (AvgIpc) is 3.17. The highest BCUT2D eigenvalue weighted by Crippen LogP contribution is 2.29. The summed E-state index contributed by atoms with van der Waals surface area (Å²) in [6.45, 7) is 6.23. The normalized spacial score (nSPS) is 18.0. The lowest BCUT2D eigenvalue weighted by atomic mass is 10.2. The monoisotopic (exact) mass is 333 g/mol. The lowest BCUT2D eigenvalue weighted by Gasteiger charge is -2.33. The van der Waals surface area contributed by atoms with E-state index in [4.69, 9.17) is 4.42 Å². The maximum absolute atomic E-state index is 12.7. The minimum atomic E-state index is -0.314. The molecule has 1 aliphatic heterocycles. The third kappa shape index (κ3) is 3.30. The molecule has 2 aromatic heterocycles. The second kappa shape index (κ2) is 6.55. The summed E-state index contributed by atoms with van der Waals surface area (Å²) in [6.07, 6.45) is 1.45. The molecular weight excluding hydrogens is 314 g/mol. The molecule has 1 aliphatic rings. The highest BCUT2D eigenvalue weighted by Gasteiger charge is 2.26. The Morgan fingerprint density at radius 3 is 3.00 bits per heavy atom. The molecule has 1 fully saturated rings. The molecule has 3 rings (SSSR count). The van der Waals surface area contributed by atoms with Gasteiger partial charge in [-0.15, -0.1) is 11.3 Å². The molecule has 3 heterocycles. The van der Waals surface area contributed by atoms with E-state index in [0.717, 1.165) is 18.7 Å². The molecule has 7 heteroatoms. The Kier molecular flexibility index (Phi) is 4.49. The van der Waals surface area contributed by atoms with Gasteiger partial charge in [-0.3, -0.25) is 9.59 Å². The van der Waals surface area contributed by atoms with Gasteiger partial charge in [-0.25, -0.2) is 0 Å². The molecule has 1 saturated heterocycles. The molecule has 23 heavy (non-hydrogen) atoms. The van der Waals surface area contributed by atoms with Gasteiger partial charge in [0.1, 0.15) is 0 Å². The Bertz CT molecular complexity index is 708. The van der Waals surface area contributed by atoms with Crippen molar-refractivity contribution in [2.45, 2.75) is 19.9 Å². The highest BCUT2D eigenvalue weighted by molar-refractivity contribution is 7.18. The van der Waals surface area contributed by atoms with Crippen molar-refractivity contribution in [3.05, 3.63) is 40.7 Å². The number of hydrogen-bond donors (Lipinski definition) is 2. The molecule has 0 unspecified atom stereocenters. The molecule has 0 aliphatic carbocycles. The minimum Gasteiger partial charge on any atom is -0.459 e. The van der Waals surface area contributed by atoms with Gasteiger partial charge in [0.25, 0.3) is 11.8 Å². The van der Waals surface area contributed by atoms with Crippen LogP contribution < -0.4 is 10.6 Å². The van der Waals surface area contributed by atoms with Gasteiger partial charge < -0.3 is 20.0 Å². The second-order valence-corrected chi connectivity index (χ2v) is 6.66. The van der Waals surface area contributed by atoms with Gasteiger partial charge in [0.05, 0.1) is 16.1 Å². The van der Waals surface area contributed by atoms with Gasteiger partial charge in [-0.2, -0.15) is 0 Å². The SMILES string of the molecule is Cc1cc(NC(=O)c2ccco2)sc1C(=O)N1CCNC[C@H]1C. The first-order valence-electron chi connectivity index (χ1n) is 7.53. The summed E-state index contributed by atoms with van der Waals surface area (Å²) in [5.41, 5.74) is 0.875. The van der Waals surface area contributed by atoms with Crippen LogP contribution in [0.25, 0.3) is 0 Å². The zero-order chi connectivity index (χ0) is 16.4. The van der Waals surface area contributed by atoms with Crippen LogP contribution in [-0.4, -0.2) is 42.4 Å². The number of rotatable bonds is 3. The van der Waals surface area contributed by atoms with E-state index in [2.05, 4.69) is 10.6 Å². The fraction of sp³-hybridized carbons (Fsp3) is 0.375. The fourth-order valence-electron chi connectivity index (χ4n) is 2.61. The first-order valence-corrected chi connectivity index (χ1v) is 8.35. The summed E-state index contributed by atoms with van der Waals surface area (Å²) < 4.78 is 5.07. The lowest BCUT2D eigenvalue weighted by molar-refractivity contribution is 0.0660. The average molecular weight is 333 g/mol. The smallest absolute Gasteiger partial charge is 0.291 e. The second-order valence-electron chi connectivity index (χ2n) is 5.61. The molecule has 122 valence electrons. The number of nitrogens with zero attached hydrogens (tertiary/aromatic N) is 1. The van der Waals surface area contributed by atoms with Crippen LogP contribution in [0, 0.1) is 6.92 Å². The summed E-state index contributed by atoms with van der Waals surface area (Å²) >= 11 is 1.30. The predicted molar refractivity (Wildman–Crippen MR) is 89.1 cm³/mol. The maximum Gasteiger partial charge on any atom is 0.291 e. The molecule has 2 aromatic rings. The van der Waals surface area contributed by atoms with Crippen LogP contribution in [-0.2, 0) is 0 Å². The van der Waals surface area contributed by atoms with E-state index in [1.54, 1.807) is 12.1 Å². The van der Waals surface area contributed by atoms with E-state index in [0.29, 0.717) is 16.4 Å². The highest BCUT2D eigenvalue weighted by atomic mass is 32.1. The summed E-state index contributed by atoms with van der Waals surface area (Å²) in [6, 6.07) is 5.25. The number of amides is 2. The van der Waals surface area contributed by atoms with Crippen LogP contribution in [0.5, 0.6) is 0 Å². The summed E-state index contributed by atoms with van der Waals surface area (Å²) in [4.78, 5) is 27.3. The topological polar surface area (TPSA) is 74.6 Å². The third-order valence-corrected chi connectivity index (χ3v) is 5.00. The van der Waals surface area contributed by atoms with Crippen LogP contribution in [0.3, 0.4) is 0 Å².